The molecule has 0 unspecified atom stereocenters. The second kappa shape index (κ2) is 8.90. The first-order valence-electron chi connectivity index (χ1n) is 8.95. The fourth-order valence-electron chi connectivity index (χ4n) is 3.03. The van der Waals surface area contributed by atoms with E-state index in [-0.39, 0.29) is 17.7 Å². The molecule has 4 nitrogen and oxygen atoms in total. The second-order valence-corrected chi connectivity index (χ2v) is 7.66. The first-order valence-corrected chi connectivity index (χ1v) is 9.93. The second-order valence-electron chi connectivity index (χ2n) is 6.61. The van der Waals surface area contributed by atoms with E-state index in [0.717, 1.165) is 23.4 Å². The van der Waals surface area contributed by atoms with Gasteiger partial charge >= 0.3 is 0 Å². The van der Waals surface area contributed by atoms with Gasteiger partial charge < -0.3 is 10.2 Å². The van der Waals surface area contributed by atoms with E-state index in [9.17, 15) is 9.59 Å². The molecule has 0 radical (unpaired) electrons. The number of amides is 2. The smallest absolute Gasteiger partial charge is 0.232 e. The number of rotatable bonds is 5. The molecule has 0 spiro atoms. The Hall–Kier alpha value is -2.27. The molecule has 0 aromatic heterocycles. The van der Waals surface area contributed by atoms with Crippen LogP contribution in [0.4, 0.5) is 5.69 Å². The van der Waals surface area contributed by atoms with Gasteiger partial charge in [0.1, 0.15) is 0 Å². The number of nitrogens with one attached hydrogen (secondary N) is 1. The number of carbonyl (C=O) groups excluding carboxylic acids is 2. The van der Waals surface area contributed by atoms with Crippen molar-refractivity contribution in [1.82, 2.24) is 4.90 Å². The number of likely N-dealkylation sites (tertiary alicyclic amines) is 1. The monoisotopic (exact) mass is 368 g/mol. The van der Waals surface area contributed by atoms with Crippen LogP contribution in [0.5, 0.6) is 0 Å². The summed E-state index contributed by atoms with van der Waals surface area (Å²) < 4.78 is 0. The summed E-state index contributed by atoms with van der Waals surface area (Å²) in [5.74, 6) is 0.628. The Morgan fingerprint density at radius 1 is 1.04 bits per heavy atom. The summed E-state index contributed by atoms with van der Waals surface area (Å²) in [6.45, 7) is 3.36. The summed E-state index contributed by atoms with van der Waals surface area (Å²) in [5.41, 5.74) is 2.04. The molecule has 1 saturated heterocycles. The topological polar surface area (TPSA) is 49.4 Å². The number of aryl methyl sites for hydroxylation is 1. The molecule has 1 fully saturated rings. The Morgan fingerprint density at radius 3 is 2.35 bits per heavy atom. The SMILES string of the molecule is Cc1ccc(SCC(=O)N2CCC(C(=O)Nc3ccccc3)CC2)cc1. The first kappa shape index (κ1) is 18.5. The molecule has 2 aromatic rings. The fourth-order valence-corrected chi connectivity index (χ4v) is 3.83. The zero-order valence-corrected chi connectivity index (χ0v) is 15.8. The van der Waals surface area contributed by atoms with Crippen molar-refractivity contribution in [2.24, 2.45) is 5.92 Å². The van der Waals surface area contributed by atoms with Crippen LogP contribution >= 0.6 is 11.8 Å². The van der Waals surface area contributed by atoms with Crippen molar-refractivity contribution in [1.29, 1.82) is 0 Å². The molecule has 3 rings (SSSR count). The van der Waals surface area contributed by atoms with Crippen molar-refractivity contribution in [3.05, 3.63) is 60.2 Å². The lowest BCUT2D eigenvalue weighted by atomic mass is 9.96. The fraction of sp³-hybridized carbons (Fsp3) is 0.333. The maximum Gasteiger partial charge on any atom is 0.232 e. The van der Waals surface area contributed by atoms with Crippen LogP contribution in [0, 0.1) is 12.8 Å². The molecule has 1 N–H and O–H groups in total. The minimum absolute atomic E-state index is 0.0241. The predicted octanol–water partition coefficient (Wildman–Crippen LogP) is 3.96. The minimum Gasteiger partial charge on any atom is -0.342 e. The standard InChI is InChI=1S/C21H24N2O2S/c1-16-7-9-19(10-8-16)26-15-20(24)23-13-11-17(12-14-23)21(25)22-18-5-3-2-4-6-18/h2-10,17H,11-15H2,1H3,(H,22,25). The van der Waals surface area contributed by atoms with Crippen molar-refractivity contribution in [3.63, 3.8) is 0 Å². The number of nitrogens with zero attached hydrogens (tertiary/aromatic N) is 1. The summed E-state index contributed by atoms with van der Waals surface area (Å²) in [6, 6.07) is 17.7. The number of hydrogen-bond donors (Lipinski definition) is 1. The van der Waals surface area contributed by atoms with E-state index in [0.29, 0.717) is 18.8 Å². The van der Waals surface area contributed by atoms with Crippen LogP contribution < -0.4 is 5.32 Å². The van der Waals surface area contributed by atoms with Crippen molar-refractivity contribution in [3.8, 4) is 0 Å². The van der Waals surface area contributed by atoms with Crippen LogP contribution in [0.25, 0.3) is 0 Å². The lowest BCUT2D eigenvalue weighted by Crippen LogP contribution is -2.42. The van der Waals surface area contributed by atoms with Gasteiger partial charge in [-0.05, 0) is 44.0 Å². The highest BCUT2D eigenvalue weighted by Gasteiger charge is 2.27. The normalized spacial score (nSPS) is 14.9. The summed E-state index contributed by atoms with van der Waals surface area (Å²) in [4.78, 5) is 27.8. The number of para-hydroxylation sites is 1. The summed E-state index contributed by atoms with van der Waals surface area (Å²) in [6.07, 6.45) is 1.44. The highest BCUT2D eigenvalue weighted by molar-refractivity contribution is 8.00. The molecule has 0 aliphatic carbocycles. The van der Waals surface area contributed by atoms with Crippen LogP contribution in [-0.4, -0.2) is 35.6 Å². The largest absolute Gasteiger partial charge is 0.342 e. The molecule has 0 atom stereocenters. The van der Waals surface area contributed by atoms with E-state index in [4.69, 9.17) is 0 Å². The van der Waals surface area contributed by atoms with Gasteiger partial charge in [0.2, 0.25) is 11.8 Å². The number of hydrogen-bond acceptors (Lipinski definition) is 3. The molecule has 26 heavy (non-hydrogen) atoms. The summed E-state index contributed by atoms with van der Waals surface area (Å²) in [7, 11) is 0. The highest BCUT2D eigenvalue weighted by atomic mass is 32.2. The number of benzene rings is 2. The van der Waals surface area contributed by atoms with Gasteiger partial charge in [0, 0.05) is 29.6 Å². The Kier molecular flexibility index (Phi) is 6.34. The maximum atomic E-state index is 12.4. The third-order valence-electron chi connectivity index (χ3n) is 4.64. The molecular formula is C21H24N2O2S. The molecule has 0 bridgehead atoms. The van der Waals surface area contributed by atoms with Gasteiger partial charge in [0.15, 0.2) is 0 Å². The molecule has 1 aliphatic heterocycles. The summed E-state index contributed by atoms with van der Waals surface area (Å²) in [5, 5.41) is 2.96. The molecule has 1 heterocycles. The van der Waals surface area contributed by atoms with E-state index in [1.165, 1.54) is 5.56 Å². The van der Waals surface area contributed by atoms with Crippen LogP contribution in [0.15, 0.2) is 59.5 Å². The minimum atomic E-state index is -0.0241. The molecular weight excluding hydrogens is 344 g/mol. The Balaban J connectivity index is 1.43. The van der Waals surface area contributed by atoms with Gasteiger partial charge in [-0.15, -0.1) is 11.8 Å². The van der Waals surface area contributed by atoms with Gasteiger partial charge in [0.05, 0.1) is 5.75 Å². The lowest BCUT2D eigenvalue weighted by molar-refractivity contribution is -0.132. The third kappa shape index (κ3) is 5.11. The molecule has 2 amide bonds. The van der Waals surface area contributed by atoms with Gasteiger partial charge in [0.25, 0.3) is 0 Å². The van der Waals surface area contributed by atoms with Gasteiger partial charge in [-0.3, -0.25) is 9.59 Å². The first-order chi connectivity index (χ1) is 12.6. The van der Waals surface area contributed by atoms with Crippen molar-refractivity contribution < 1.29 is 9.59 Å². The average Bonchev–Trinajstić information content (AvgIpc) is 2.68. The number of thioether (sulfide) groups is 1. The molecule has 136 valence electrons. The van der Waals surface area contributed by atoms with E-state index in [1.807, 2.05) is 47.4 Å². The van der Waals surface area contributed by atoms with Gasteiger partial charge in [-0.2, -0.15) is 0 Å². The van der Waals surface area contributed by atoms with Crippen molar-refractivity contribution >= 4 is 29.3 Å². The van der Waals surface area contributed by atoms with Gasteiger partial charge in [-0.1, -0.05) is 35.9 Å². The molecule has 5 heteroatoms. The lowest BCUT2D eigenvalue weighted by Gasteiger charge is -2.31. The summed E-state index contributed by atoms with van der Waals surface area (Å²) >= 11 is 1.57. The maximum absolute atomic E-state index is 12.4. The van der Waals surface area contributed by atoms with Crippen molar-refractivity contribution in [2.45, 2.75) is 24.7 Å². The zero-order chi connectivity index (χ0) is 18.4. The molecule has 0 saturated carbocycles. The van der Waals surface area contributed by atoms with Crippen LogP contribution in [0.1, 0.15) is 18.4 Å². The number of piperidine rings is 1. The van der Waals surface area contributed by atoms with E-state index in [1.54, 1.807) is 11.8 Å². The quantitative estimate of drug-likeness (QED) is 0.813. The Bertz CT molecular complexity index is 738. The predicted molar refractivity (Wildman–Crippen MR) is 106 cm³/mol. The van der Waals surface area contributed by atoms with Crippen LogP contribution in [0.3, 0.4) is 0 Å². The van der Waals surface area contributed by atoms with E-state index >= 15 is 0 Å². The van der Waals surface area contributed by atoms with E-state index < -0.39 is 0 Å². The van der Waals surface area contributed by atoms with Crippen LogP contribution in [0.2, 0.25) is 0 Å². The number of carbonyl (C=O) groups is 2. The zero-order valence-electron chi connectivity index (χ0n) is 15.0. The average molecular weight is 369 g/mol. The number of anilines is 1. The van der Waals surface area contributed by atoms with Gasteiger partial charge in [-0.25, -0.2) is 0 Å². The third-order valence-corrected chi connectivity index (χ3v) is 5.64. The van der Waals surface area contributed by atoms with Crippen LogP contribution in [-0.2, 0) is 9.59 Å². The Labute approximate surface area is 159 Å². The van der Waals surface area contributed by atoms with Crippen molar-refractivity contribution in [2.75, 3.05) is 24.2 Å². The molecule has 2 aromatic carbocycles. The molecule has 1 aliphatic rings. The highest BCUT2D eigenvalue weighted by Crippen LogP contribution is 2.22. The Morgan fingerprint density at radius 2 is 1.69 bits per heavy atom. The van der Waals surface area contributed by atoms with E-state index in [2.05, 4.69) is 24.4 Å².